The third-order valence-electron chi connectivity index (χ3n) is 3.70. The van der Waals surface area contributed by atoms with Crippen LogP contribution in [0.25, 0.3) is 5.69 Å². The number of nitrogens with one attached hydrogen (secondary N) is 2. The zero-order valence-corrected chi connectivity index (χ0v) is 14.2. The molecule has 4 N–H and O–H groups in total. The number of hydrogen-bond acceptors (Lipinski definition) is 6. The molecule has 9 nitrogen and oxygen atoms in total. The van der Waals surface area contributed by atoms with Gasteiger partial charge in [-0.3, -0.25) is 29.1 Å². The van der Waals surface area contributed by atoms with Gasteiger partial charge in [-0.2, -0.15) is 0 Å². The van der Waals surface area contributed by atoms with Crippen molar-refractivity contribution in [1.82, 2.24) is 9.88 Å². The molecule has 1 aliphatic rings. The fourth-order valence-corrected chi connectivity index (χ4v) is 2.82. The fourth-order valence-electron chi connectivity index (χ4n) is 2.62. The van der Waals surface area contributed by atoms with E-state index in [0.29, 0.717) is 5.69 Å². The van der Waals surface area contributed by atoms with Crippen LogP contribution in [-0.2, 0) is 9.53 Å². The number of amides is 3. The third-order valence-corrected chi connectivity index (χ3v) is 4.02. The molecule has 10 heteroatoms. The number of nitrogens with zero attached hydrogens (tertiary/aromatic N) is 1. The Labute approximate surface area is 151 Å². The molecule has 134 valence electrons. The number of methoxy groups -OCH3 is 1. The number of anilines is 2. The number of carbonyl (C=O) groups excluding carboxylic acids is 3. The third kappa shape index (κ3) is 2.93. The summed E-state index contributed by atoms with van der Waals surface area (Å²) < 4.78 is 5.74. The summed E-state index contributed by atoms with van der Waals surface area (Å²) in [5.41, 5.74) is 5.64. The van der Waals surface area contributed by atoms with Crippen molar-refractivity contribution in [3.8, 4) is 5.69 Å². The first-order chi connectivity index (χ1) is 12.3. The molecule has 2 heterocycles. The van der Waals surface area contributed by atoms with Crippen LogP contribution >= 0.6 is 11.6 Å². The lowest BCUT2D eigenvalue weighted by Gasteiger charge is -2.15. The van der Waals surface area contributed by atoms with Crippen molar-refractivity contribution >= 4 is 40.8 Å². The molecule has 1 aromatic carbocycles. The molecule has 2 aromatic rings. The van der Waals surface area contributed by atoms with Crippen LogP contribution in [0, 0.1) is 0 Å². The average Bonchev–Trinajstić information content (AvgIpc) is 2.84. The van der Waals surface area contributed by atoms with Gasteiger partial charge in [-0.05, 0) is 18.2 Å². The highest BCUT2D eigenvalue weighted by Crippen LogP contribution is 2.28. The van der Waals surface area contributed by atoms with Gasteiger partial charge in [0.25, 0.3) is 17.4 Å². The van der Waals surface area contributed by atoms with E-state index in [1.165, 1.54) is 25.3 Å². The summed E-state index contributed by atoms with van der Waals surface area (Å²) in [6.07, 6.45) is 0. The van der Waals surface area contributed by atoms with Gasteiger partial charge in [-0.15, -0.1) is 0 Å². The van der Waals surface area contributed by atoms with Crippen molar-refractivity contribution in [2.75, 3.05) is 24.8 Å². The minimum Gasteiger partial charge on any atom is -0.384 e. The highest BCUT2D eigenvalue weighted by atomic mass is 35.5. The summed E-state index contributed by atoms with van der Waals surface area (Å²) in [4.78, 5) is 47.8. The maximum Gasteiger partial charge on any atom is 0.262 e. The highest BCUT2D eigenvalue weighted by Gasteiger charge is 2.32. The molecule has 0 spiro atoms. The molecular weight excluding hydrogens is 364 g/mol. The number of rotatable bonds is 4. The highest BCUT2D eigenvalue weighted by molar-refractivity contribution is 6.32. The SMILES string of the molecule is COCC(=O)Nc1ccc(Cl)c(-n2c(N)c3c(cc2=O)C(=O)NC3=O)c1. The number of nitrogens with two attached hydrogens (primary N) is 1. The first-order valence-corrected chi connectivity index (χ1v) is 7.71. The Bertz CT molecular complexity index is 1010. The minimum atomic E-state index is -0.697. The van der Waals surface area contributed by atoms with E-state index in [9.17, 15) is 19.2 Å². The molecule has 1 aromatic heterocycles. The van der Waals surface area contributed by atoms with Crippen molar-refractivity contribution in [3.05, 3.63) is 50.8 Å². The molecule has 1 aliphatic heterocycles. The van der Waals surface area contributed by atoms with E-state index in [1.54, 1.807) is 0 Å². The van der Waals surface area contributed by atoms with E-state index >= 15 is 0 Å². The Hall–Kier alpha value is -3.17. The summed E-state index contributed by atoms with van der Waals surface area (Å²) in [6.45, 7) is -0.152. The van der Waals surface area contributed by atoms with Crippen molar-refractivity contribution in [1.29, 1.82) is 0 Å². The van der Waals surface area contributed by atoms with E-state index in [2.05, 4.69) is 10.6 Å². The molecule has 0 aliphatic carbocycles. The van der Waals surface area contributed by atoms with Gasteiger partial charge < -0.3 is 15.8 Å². The van der Waals surface area contributed by atoms with E-state index in [0.717, 1.165) is 10.6 Å². The van der Waals surface area contributed by atoms with Crippen LogP contribution in [0.15, 0.2) is 29.1 Å². The summed E-state index contributed by atoms with van der Waals surface area (Å²) in [5, 5.41) is 4.82. The average molecular weight is 377 g/mol. The Morgan fingerprint density at radius 2 is 2.00 bits per heavy atom. The predicted molar refractivity (Wildman–Crippen MR) is 93.8 cm³/mol. The van der Waals surface area contributed by atoms with Gasteiger partial charge >= 0.3 is 0 Å². The largest absolute Gasteiger partial charge is 0.384 e. The van der Waals surface area contributed by atoms with Crippen LogP contribution in [0.1, 0.15) is 20.7 Å². The van der Waals surface area contributed by atoms with Gasteiger partial charge in [-0.1, -0.05) is 11.6 Å². The van der Waals surface area contributed by atoms with Crippen molar-refractivity contribution in [3.63, 3.8) is 0 Å². The van der Waals surface area contributed by atoms with Crippen molar-refractivity contribution in [2.45, 2.75) is 0 Å². The van der Waals surface area contributed by atoms with Crippen molar-refractivity contribution in [2.24, 2.45) is 0 Å². The topological polar surface area (TPSA) is 133 Å². The molecule has 3 amide bonds. The van der Waals surface area contributed by atoms with Crippen LogP contribution in [0.4, 0.5) is 11.5 Å². The molecule has 0 radical (unpaired) electrons. The van der Waals surface area contributed by atoms with Gasteiger partial charge in [0.05, 0.1) is 21.8 Å². The molecule has 0 bridgehead atoms. The Morgan fingerprint density at radius 1 is 1.27 bits per heavy atom. The van der Waals surface area contributed by atoms with Crippen molar-refractivity contribution < 1.29 is 19.1 Å². The molecule has 0 saturated heterocycles. The molecule has 0 unspecified atom stereocenters. The number of aromatic nitrogens is 1. The second-order valence-electron chi connectivity index (χ2n) is 5.42. The zero-order valence-electron chi connectivity index (χ0n) is 13.5. The molecule has 26 heavy (non-hydrogen) atoms. The summed E-state index contributed by atoms with van der Waals surface area (Å²) >= 11 is 6.17. The number of ether oxygens (including phenoxy) is 1. The van der Waals surface area contributed by atoms with Gasteiger partial charge in [-0.25, -0.2) is 0 Å². The van der Waals surface area contributed by atoms with Crippen LogP contribution in [-0.4, -0.2) is 36.0 Å². The Balaban J connectivity index is 2.14. The van der Waals surface area contributed by atoms with Gasteiger partial charge in [0, 0.05) is 18.9 Å². The van der Waals surface area contributed by atoms with Crippen LogP contribution in [0.5, 0.6) is 0 Å². The second-order valence-corrected chi connectivity index (χ2v) is 5.83. The number of halogens is 1. The number of benzene rings is 1. The molecule has 0 atom stereocenters. The summed E-state index contributed by atoms with van der Waals surface area (Å²) in [7, 11) is 1.38. The lowest BCUT2D eigenvalue weighted by atomic mass is 10.1. The molecular formula is C16H13ClN4O5. The molecule has 0 fully saturated rings. The van der Waals surface area contributed by atoms with Gasteiger partial charge in [0.2, 0.25) is 5.91 Å². The summed E-state index contributed by atoms with van der Waals surface area (Å²) in [5.74, 6) is -2.01. The number of imide groups is 1. The van der Waals surface area contributed by atoms with E-state index in [4.69, 9.17) is 22.1 Å². The quantitative estimate of drug-likeness (QED) is 0.667. The van der Waals surface area contributed by atoms with Gasteiger partial charge in [0.15, 0.2) is 0 Å². The number of carbonyl (C=O) groups is 3. The maximum atomic E-state index is 12.5. The van der Waals surface area contributed by atoms with E-state index in [-0.39, 0.29) is 34.3 Å². The minimum absolute atomic E-state index is 0.0885. The Kier molecular flexibility index (Phi) is 4.49. The van der Waals surface area contributed by atoms with Crippen LogP contribution in [0.2, 0.25) is 5.02 Å². The second kappa shape index (κ2) is 6.62. The van der Waals surface area contributed by atoms with Crippen LogP contribution < -0.4 is 21.9 Å². The van der Waals surface area contributed by atoms with Gasteiger partial charge in [0.1, 0.15) is 12.4 Å². The summed E-state index contributed by atoms with van der Waals surface area (Å²) in [6, 6.07) is 5.43. The monoisotopic (exact) mass is 376 g/mol. The molecule has 3 rings (SSSR count). The number of fused-ring (bicyclic) bond motifs is 1. The lowest BCUT2D eigenvalue weighted by molar-refractivity contribution is -0.119. The van der Waals surface area contributed by atoms with E-state index in [1.807, 2.05) is 0 Å². The first-order valence-electron chi connectivity index (χ1n) is 7.33. The van der Waals surface area contributed by atoms with Crippen LogP contribution in [0.3, 0.4) is 0 Å². The zero-order chi connectivity index (χ0) is 19.0. The number of nitrogen functional groups attached to an aromatic ring is 1. The lowest BCUT2D eigenvalue weighted by Crippen LogP contribution is -2.24. The fraction of sp³-hybridized carbons (Fsp3) is 0.125. The van der Waals surface area contributed by atoms with E-state index < -0.39 is 23.3 Å². The Morgan fingerprint density at radius 3 is 2.69 bits per heavy atom. The maximum absolute atomic E-state index is 12.5. The normalized spacial score (nSPS) is 12.7. The standard InChI is InChI=1S/C16H13ClN4O5/c1-26-6-11(22)19-7-2-3-9(17)10(4-7)21-12(23)5-8-13(14(21)18)16(25)20-15(8)24/h2-5H,6,18H2,1H3,(H,19,22)(H,20,24,25). The predicted octanol–water partition coefficient (Wildman–Crippen LogP) is 0.542. The molecule has 0 saturated carbocycles. The number of pyridine rings is 1. The smallest absolute Gasteiger partial charge is 0.262 e. The number of hydrogen-bond donors (Lipinski definition) is 3. The first kappa shape index (κ1) is 17.6.